The number of aryl methyl sites for hydroxylation is 2. The second-order valence-electron chi connectivity index (χ2n) is 12.0. The van der Waals surface area contributed by atoms with Crippen LogP contribution in [0.4, 0.5) is 4.39 Å². The number of carbonyl (C=O) groups is 2. The Bertz CT molecular complexity index is 1950. The Balaban J connectivity index is 1.27. The molecule has 0 spiro atoms. The summed E-state index contributed by atoms with van der Waals surface area (Å²) < 4.78 is 20.0. The van der Waals surface area contributed by atoms with E-state index < -0.39 is 5.82 Å². The third-order valence-electron chi connectivity index (χ3n) is 8.86. The molecule has 230 valence electrons. The molecule has 6 heterocycles. The van der Waals surface area contributed by atoms with Crippen molar-refractivity contribution in [3.63, 3.8) is 0 Å². The number of halogens is 1. The fraction of sp³-hybridized carbons (Fsp3) is 0.333. The number of nitrogens with zero attached hydrogens (tertiary/aromatic N) is 8. The molecule has 0 fully saturated rings. The lowest BCUT2D eigenvalue weighted by Crippen LogP contribution is -2.36. The second-order valence-corrected chi connectivity index (χ2v) is 12.0. The van der Waals surface area contributed by atoms with Gasteiger partial charge in [0.1, 0.15) is 5.69 Å². The Hall–Kier alpha value is -5.13. The maximum Gasteiger partial charge on any atom is 0.270 e. The summed E-state index contributed by atoms with van der Waals surface area (Å²) in [4.78, 5) is 38.0. The summed E-state index contributed by atoms with van der Waals surface area (Å²) in [6, 6.07) is 5.60. The zero-order valence-electron chi connectivity index (χ0n) is 25.5. The Labute approximate surface area is 259 Å². The highest BCUT2D eigenvalue weighted by Gasteiger charge is 2.30. The van der Waals surface area contributed by atoms with Crippen LogP contribution in [0, 0.1) is 5.82 Å². The first-order chi connectivity index (χ1) is 21.8. The minimum atomic E-state index is -0.445. The highest BCUT2D eigenvalue weighted by atomic mass is 19.1. The van der Waals surface area contributed by atoms with Crippen molar-refractivity contribution in [3.8, 4) is 11.1 Å². The third kappa shape index (κ3) is 5.19. The molecule has 0 radical (unpaired) electrons. The molecule has 2 amide bonds. The van der Waals surface area contributed by atoms with Gasteiger partial charge in [-0.1, -0.05) is 25.1 Å². The van der Waals surface area contributed by atoms with Crippen LogP contribution < -0.4 is 0 Å². The van der Waals surface area contributed by atoms with Crippen molar-refractivity contribution in [1.29, 1.82) is 0 Å². The molecule has 45 heavy (non-hydrogen) atoms. The second kappa shape index (κ2) is 11.4. The number of hydrogen-bond acceptors (Lipinski definition) is 6. The van der Waals surface area contributed by atoms with Gasteiger partial charge in [0.05, 0.1) is 36.7 Å². The van der Waals surface area contributed by atoms with Crippen molar-refractivity contribution in [2.45, 2.75) is 52.2 Å². The minimum Gasteiger partial charge on any atom is -0.348 e. The predicted octanol–water partition coefficient (Wildman–Crippen LogP) is 4.68. The van der Waals surface area contributed by atoms with Gasteiger partial charge in [0.25, 0.3) is 5.91 Å². The Morgan fingerprint density at radius 1 is 1.04 bits per heavy atom. The van der Waals surface area contributed by atoms with Crippen LogP contribution in [0.1, 0.15) is 65.5 Å². The van der Waals surface area contributed by atoms with E-state index >= 15 is 4.39 Å². The molecule has 0 saturated carbocycles. The number of amides is 2. The summed E-state index contributed by atoms with van der Waals surface area (Å²) in [5.41, 5.74) is 6.47. The van der Waals surface area contributed by atoms with Gasteiger partial charge in [-0.2, -0.15) is 5.10 Å². The SMILES string of the molecule is CC(C)c1ccncc1-c1cc(C2=CCCN(C(=O)CCn3ccnn3)C2)c(F)c2[nH]c(C(=O)N3Cc4cnn(C)c4C3)cc12. The van der Waals surface area contributed by atoms with Crippen molar-refractivity contribution in [2.24, 2.45) is 7.05 Å². The topological polar surface area (TPSA) is 118 Å². The molecule has 0 aliphatic carbocycles. The zero-order chi connectivity index (χ0) is 31.2. The maximum absolute atomic E-state index is 16.6. The minimum absolute atomic E-state index is 0.0262. The van der Waals surface area contributed by atoms with Gasteiger partial charge in [0, 0.05) is 73.8 Å². The van der Waals surface area contributed by atoms with Crippen LogP contribution in [0.25, 0.3) is 27.6 Å². The number of aromatic nitrogens is 7. The molecule has 4 aromatic heterocycles. The first-order valence-electron chi connectivity index (χ1n) is 15.2. The molecule has 12 heteroatoms. The Kier molecular flexibility index (Phi) is 7.26. The van der Waals surface area contributed by atoms with Crippen molar-refractivity contribution in [3.05, 3.63) is 89.2 Å². The van der Waals surface area contributed by atoms with Crippen LogP contribution in [-0.4, -0.2) is 69.4 Å². The van der Waals surface area contributed by atoms with E-state index in [-0.39, 0.29) is 36.2 Å². The first kappa shape index (κ1) is 28.6. The first-order valence-corrected chi connectivity index (χ1v) is 15.2. The maximum atomic E-state index is 16.6. The normalized spacial score (nSPS) is 14.8. The van der Waals surface area contributed by atoms with Crippen molar-refractivity contribution < 1.29 is 14.0 Å². The molecule has 0 atom stereocenters. The summed E-state index contributed by atoms with van der Waals surface area (Å²) in [5.74, 6) is -0.484. The summed E-state index contributed by atoms with van der Waals surface area (Å²) in [5, 5.41) is 12.6. The van der Waals surface area contributed by atoms with E-state index in [4.69, 9.17) is 0 Å². The molecule has 0 unspecified atom stereocenters. The van der Waals surface area contributed by atoms with Crippen molar-refractivity contribution in [1.82, 2.24) is 44.5 Å². The van der Waals surface area contributed by atoms with Crippen molar-refractivity contribution >= 4 is 28.3 Å². The van der Waals surface area contributed by atoms with E-state index in [0.717, 1.165) is 33.5 Å². The Morgan fingerprint density at radius 3 is 2.69 bits per heavy atom. The fourth-order valence-corrected chi connectivity index (χ4v) is 6.44. The van der Waals surface area contributed by atoms with Gasteiger partial charge >= 0.3 is 0 Å². The molecule has 1 N–H and O–H groups in total. The van der Waals surface area contributed by atoms with Gasteiger partial charge in [-0.15, -0.1) is 5.10 Å². The summed E-state index contributed by atoms with van der Waals surface area (Å²) in [6.45, 7) is 6.38. The standard InChI is InChI=1S/C33H34FN9O2/c1-20(2)23-6-8-35-16-27(23)25-13-24(21-5-4-10-41(17-21)30(44)7-11-43-12-9-36-39-43)31(34)32-26(25)14-28(38-32)33(45)42-18-22-15-37-40(3)29(22)19-42/h5-6,8-9,12-16,20,38H,4,7,10-11,17-19H2,1-3H3. The molecule has 0 bridgehead atoms. The van der Waals surface area contributed by atoms with E-state index in [0.29, 0.717) is 49.2 Å². The molecule has 11 nitrogen and oxygen atoms in total. The summed E-state index contributed by atoms with van der Waals surface area (Å²) in [7, 11) is 1.87. The van der Waals surface area contributed by atoms with Gasteiger partial charge in [0.2, 0.25) is 5.91 Å². The van der Waals surface area contributed by atoms with Gasteiger partial charge in [-0.3, -0.25) is 23.9 Å². The molecule has 5 aromatic rings. The van der Waals surface area contributed by atoms with E-state index in [1.807, 2.05) is 25.3 Å². The van der Waals surface area contributed by atoms with Crippen LogP contribution in [0.2, 0.25) is 0 Å². The van der Waals surface area contributed by atoms with E-state index in [1.165, 1.54) is 0 Å². The average Bonchev–Trinajstić information content (AvgIpc) is 3.86. The zero-order valence-corrected chi connectivity index (χ0v) is 25.5. The van der Waals surface area contributed by atoms with Crippen molar-refractivity contribution in [2.75, 3.05) is 13.1 Å². The van der Waals surface area contributed by atoms with E-state index in [9.17, 15) is 9.59 Å². The Morgan fingerprint density at radius 2 is 1.91 bits per heavy atom. The number of benzene rings is 1. The lowest BCUT2D eigenvalue weighted by molar-refractivity contribution is -0.131. The monoisotopic (exact) mass is 607 g/mol. The lowest BCUT2D eigenvalue weighted by atomic mass is 9.89. The molecule has 0 saturated heterocycles. The highest BCUT2D eigenvalue weighted by Crippen LogP contribution is 2.39. The van der Waals surface area contributed by atoms with Gasteiger partial charge in [-0.25, -0.2) is 4.39 Å². The molecular weight excluding hydrogens is 573 g/mol. The third-order valence-corrected chi connectivity index (χ3v) is 8.86. The molecule has 2 aliphatic rings. The average molecular weight is 608 g/mol. The predicted molar refractivity (Wildman–Crippen MR) is 166 cm³/mol. The summed E-state index contributed by atoms with van der Waals surface area (Å²) in [6.07, 6.45) is 11.5. The van der Waals surface area contributed by atoms with Crippen LogP contribution >= 0.6 is 0 Å². The van der Waals surface area contributed by atoms with Gasteiger partial charge in [0.15, 0.2) is 5.82 Å². The van der Waals surface area contributed by atoms with E-state index in [2.05, 4.69) is 39.2 Å². The van der Waals surface area contributed by atoms with Gasteiger partial charge in [-0.05, 0) is 47.2 Å². The molecule has 1 aromatic carbocycles. The van der Waals surface area contributed by atoms with Crippen LogP contribution in [0.15, 0.2) is 55.3 Å². The number of aromatic amines is 1. The smallest absolute Gasteiger partial charge is 0.270 e. The number of fused-ring (bicyclic) bond motifs is 2. The molecular formula is C33H34FN9O2. The number of hydrogen-bond donors (Lipinski definition) is 1. The molecule has 7 rings (SSSR count). The quantitative estimate of drug-likeness (QED) is 0.287. The fourth-order valence-electron chi connectivity index (χ4n) is 6.44. The van der Waals surface area contributed by atoms with Crippen LogP contribution in [0.3, 0.4) is 0 Å². The number of nitrogens with one attached hydrogen (secondary N) is 1. The largest absolute Gasteiger partial charge is 0.348 e. The number of carbonyl (C=O) groups excluding carboxylic acids is 2. The van der Waals surface area contributed by atoms with Gasteiger partial charge < -0.3 is 14.8 Å². The lowest BCUT2D eigenvalue weighted by Gasteiger charge is -2.28. The molecule has 2 aliphatic heterocycles. The number of rotatable bonds is 7. The van der Waals surface area contributed by atoms with Crippen LogP contribution in [-0.2, 0) is 31.5 Å². The highest BCUT2D eigenvalue weighted by molar-refractivity contribution is 6.05. The van der Waals surface area contributed by atoms with E-state index in [1.54, 1.807) is 56.2 Å². The number of pyridine rings is 1. The summed E-state index contributed by atoms with van der Waals surface area (Å²) >= 11 is 0. The van der Waals surface area contributed by atoms with Crippen LogP contribution in [0.5, 0.6) is 0 Å². The number of H-pyrrole nitrogens is 1.